The molecule has 25 heavy (non-hydrogen) atoms. The monoisotopic (exact) mass is 360 g/mol. The van der Waals surface area contributed by atoms with Crippen molar-refractivity contribution >= 4 is 11.3 Å². The lowest BCUT2D eigenvalue weighted by Crippen LogP contribution is -2.03. The number of benzene rings is 1. The molecule has 1 aromatic heterocycles. The Morgan fingerprint density at radius 3 is 2.68 bits per heavy atom. The highest BCUT2D eigenvalue weighted by Gasteiger charge is 2.11. The second kappa shape index (κ2) is 11.3. The lowest BCUT2D eigenvalue weighted by molar-refractivity contribution is 0.252. The third kappa shape index (κ3) is 6.48. The van der Waals surface area contributed by atoms with Crippen LogP contribution in [-0.4, -0.2) is 18.3 Å². The summed E-state index contributed by atoms with van der Waals surface area (Å²) in [5.74, 6) is 1.69. The van der Waals surface area contributed by atoms with Gasteiger partial charge in [-0.05, 0) is 73.1 Å². The summed E-state index contributed by atoms with van der Waals surface area (Å²) in [6, 6.07) is 11.1. The van der Waals surface area contributed by atoms with E-state index in [1.54, 1.807) is 0 Å². The van der Waals surface area contributed by atoms with Crippen molar-refractivity contribution in [2.24, 2.45) is 0 Å². The fourth-order valence-corrected chi connectivity index (χ4v) is 4.15. The van der Waals surface area contributed by atoms with Gasteiger partial charge in [0.1, 0.15) is 5.75 Å². The van der Waals surface area contributed by atoms with Crippen molar-refractivity contribution in [1.29, 1.82) is 0 Å². The summed E-state index contributed by atoms with van der Waals surface area (Å²) in [5.41, 5.74) is 2.74. The third-order valence-corrected chi connectivity index (χ3v) is 5.71. The van der Waals surface area contributed by atoms with Crippen LogP contribution < -0.4 is 4.74 Å². The molecule has 0 aliphatic carbocycles. The van der Waals surface area contributed by atoms with Gasteiger partial charge in [-0.1, -0.05) is 38.5 Å². The Labute approximate surface area is 156 Å². The van der Waals surface area contributed by atoms with E-state index in [0.717, 1.165) is 37.9 Å². The number of aliphatic hydroxyl groups excluding tert-OH is 1. The van der Waals surface area contributed by atoms with Gasteiger partial charge in [0.25, 0.3) is 0 Å². The topological polar surface area (TPSA) is 29.5 Å². The van der Waals surface area contributed by atoms with Gasteiger partial charge in [-0.3, -0.25) is 0 Å². The molecule has 1 N–H and O–H groups in total. The fraction of sp³-hybridized carbons (Fsp3) is 0.545. The molecule has 0 aliphatic heterocycles. The average molecular weight is 361 g/mol. The van der Waals surface area contributed by atoms with E-state index in [9.17, 15) is 0 Å². The molecule has 1 unspecified atom stereocenters. The molecule has 0 fully saturated rings. The number of hydrogen-bond acceptors (Lipinski definition) is 3. The first kappa shape index (κ1) is 20.0. The van der Waals surface area contributed by atoms with Gasteiger partial charge in [-0.15, -0.1) is 11.3 Å². The minimum atomic E-state index is 0.243. The predicted molar refractivity (Wildman–Crippen MR) is 108 cm³/mol. The molecule has 2 aromatic rings. The van der Waals surface area contributed by atoms with Crippen molar-refractivity contribution in [1.82, 2.24) is 0 Å². The number of hydrogen-bond donors (Lipinski definition) is 1. The van der Waals surface area contributed by atoms with Crippen molar-refractivity contribution < 1.29 is 9.84 Å². The van der Waals surface area contributed by atoms with Gasteiger partial charge in [0.2, 0.25) is 0 Å². The summed E-state index contributed by atoms with van der Waals surface area (Å²) in [4.78, 5) is 1.51. The standard InChI is InChI=1S/C22H32O2S/c1-3-8-20-17-18(11-13-21(20)24-15-6-5-14-23)10-12-19(4-2)22-9-7-16-25-22/h7,9,11,13,16-17,19,23H,3-6,8,10,12,14-15H2,1-2H3. The van der Waals surface area contributed by atoms with E-state index in [1.165, 1.54) is 28.8 Å². The van der Waals surface area contributed by atoms with E-state index in [-0.39, 0.29) is 6.61 Å². The zero-order valence-electron chi connectivity index (χ0n) is 15.7. The van der Waals surface area contributed by atoms with Crippen LogP contribution in [0.5, 0.6) is 5.75 Å². The predicted octanol–water partition coefficient (Wildman–Crippen LogP) is 5.98. The van der Waals surface area contributed by atoms with Gasteiger partial charge in [0, 0.05) is 11.5 Å². The molecular weight excluding hydrogens is 328 g/mol. The Kier molecular flexibility index (Phi) is 9.06. The maximum Gasteiger partial charge on any atom is 0.122 e. The van der Waals surface area contributed by atoms with Gasteiger partial charge in [-0.2, -0.15) is 0 Å². The molecule has 1 heterocycles. The Hall–Kier alpha value is -1.32. The van der Waals surface area contributed by atoms with Crippen LogP contribution in [0.25, 0.3) is 0 Å². The Morgan fingerprint density at radius 2 is 2.00 bits per heavy atom. The van der Waals surface area contributed by atoms with Crippen LogP contribution in [0.3, 0.4) is 0 Å². The largest absolute Gasteiger partial charge is 0.493 e. The normalized spacial score (nSPS) is 12.3. The van der Waals surface area contributed by atoms with Crippen LogP contribution in [0, 0.1) is 0 Å². The van der Waals surface area contributed by atoms with Crippen molar-refractivity contribution in [2.45, 2.75) is 64.7 Å². The number of unbranched alkanes of at least 4 members (excludes halogenated alkanes) is 1. The molecule has 1 atom stereocenters. The highest BCUT2D eigenvalue weighted by Crippen LogP contribution is 2.30. The molecule has 0 aliphatic rings. The van der Waals surface area contributed by atoms with Crippen LogP contribution in [0.2, 0.25) is 0 Å². The van der Waals surface area contributed by atoms with E-state index in [4.69, 9.17) is 9.84 Å². The molecule has 0 amide bonds. The summed E-state index contributed by atoms with van der Waals surface area (Å²) in [6.07, 6.45) is 7.44. The molecule has 2 rings (SSSR count). The number of ether oxygens (including phenoxy) is 1. The smallest absolute Gasteiger partial charge is 0.122 e. The summed E-state index contributed by atoms with van der Waals surface area (Å²) in [7, 11) is 0. The van der Waals surface area contributed by atoms with E-state index in [1.807, 2.05) is 11.3 Å². The zero-order valence-corrected chi connectivity index (χ0v) is 16.5. The van der Waals surface area contributed by atoms with Crippen molar-refractivity contribution in [3.8, 4) is 5.75 Å². The van der Waals surface area contributed by atoms with E-state index in [2.05, 4.69) is 49.6 Å². The van der Waals surface area contributed by atoms with Gasteiger partial charge in [-0.25, -0.2) is 0 Å². The lowest BCUT2D eigenvalue weighted by atomic mass is 9.94. The minimum absolute atomic E-state index is 0.243. The Morgan fingerprint density at radius 1 is 1.12 bits per heavy atom. The molecule has 0 spiro atoms. The average Bonchev–Trinajstić information content (AvgIpc) is 3.15. The van der Waals surface area contributed by atoms with Crippen molar-refractivity contribution in [2.75, 3.05) is 13.2 Å². The molecule has 2 nitrogen and oxygen atoms in total. The summed E-state index contributed by atoms with van der Waals surface area (Å²) < 4.78 is 5.94. The number of thiophene rings is 1. The molecule has 0 saturated heterocycles. The number of aryl methyl sites for hydroxylation is 2. The highest BCUT2D eigenvalue weighted by atomic mass is 32.1. The third-order valence-electron chi connectivity index (χ3n) is 4.67. The van der Waals surface area contributed by atoms with E-state index >= 15 is 0 Å². The second-order valence-electron chi connectivity index (χ2n) is 6.63. The first-order valence-corrected chi connectivity index (χ1v) is 10.5. The first-order valence-electron chi connectivity index (χ1n) is 9.67. The van der Waals surface area contributed by atoms with Gasteiger partial charge >= 0.3 is 0 Å². The maximum atomic E-state index is 8.88. The summed E-state index contributed by atoms with van der Waals surface area (Å²) in [5, 5.41) is 11.1. The fourth-order valence-electron chi connectivity index (χ4n) is 3.20. The summed E-state index contributed by atoms with van der Waals surface area (Å²) in [6.45, 7) is 5.43. The molecular formula is C22H32O2S. The molecule has 1 aromatic carbocycles. The minimum Gasteiger partial charge on any atom is -0.493 e. The van der Waals surface area contributed by atoms with Crippen LogP contribution in [0.15, 0.2) is 35.7 Å². The number of aliphatic hydroxyl groups is 1. The summed E-state index contributed by atoms with van der Waals surface area (Å²) >= 11 is 1.88. The Bertz CT molecular complexity index is 592. The van der Waals surface area contributed by atoms with Crippen molar-refractivity contribution in [3.63, 3.8) is 0 Å². The van der Waals surface area contributed by atoms with Gasteiger partial charge in [0.05, 0.1) is 6.61 Å². The number of rotatable bonds is 12. The molecule has 138 valence electrons. The first-order chi connectivity index (χ1) is 12.3. The highest BCUT2D eigenvalue weighted by molar-refractivity contribution is 7.10. The second-order valence-corrected chi connectivity index (χ2v) is 7.61. The van der Waals surface area contributed by atoms with Crippen LogP contribution in [0.1, 0.15) is 67.9 Å². The molecule has 3 heteroatoms. The quantitative estimate of drug-likeness (QED) is 0.472. The molecule has 0 saturated carbocycles. The molecule has 0 radical (unpaired) electrons. The SMILES string of the molecule is CCCc1cc(CCC(CC)c2cccs2)ccc1OCCCCO. The van der Waals surface area contributed by atoms with Gasteiger partial charge in [0.15, 0.2) is 0 Å². The van der Waals surface area contributed by atoms with E-state index in [0.29, 0.717) is 12.5 Å². The van der Waals surface area contributed by atoms with Crippen LogP contribution in [-0.2, 0) is 12.8 Å². The Balaban J connectivity index is 1.97. The van der Waals surface area contributed by atoms with Gasteiger partial charge < -0.3 is 9.84 Å². The maximum absolute atomic E-state index is 8.88. The van der Waals surface area contributed by atoms with Crippen LogP contribution in [0.4, 0.5) is 0 Å². The molecule has 0 bridgehead atoms. The lowest BCUT2D eigenvalue weighted by Gasteiger charge is -2.15. The zero-order chi connectivity index (χ0) is 17.9. The van der Waals surface area contributed by atoms with E-state index < -0.39 is 0 Å². The van der Waals surface area contributed by atoms with Crippen LogP contribution >= 0.6 is 11.3 Å². The van der Waals surface area contributed by atoms with Crippen molar-refractivity contribution in [3.05, 3.63) is 51.7 Å².